The van der Waals surface area contributed by atoms with E-state index in [0.29, 0.717) is 44.8 Å². The Hall–Kier alpha value is -3.75. The highest BCUT2D eigenvalue weighted by Gasteiger charge is 2.49. The highest BCUT2D eigenvalue weighted by atomic mass is 16.5. The van der Waals surface area contributed by atoms with Crippen molar-refractivity contribution in [2.75, 3.05) is 26.2 Å². The zero-order valence-corrected chi connectivity index (χ0v) is 34.1. The molecule has 1 aliphatic carbocycles. The first-order chi connectivity index (χ1) is 24.9. The van der Waals surface area contributed by atoms with Gasteiger partial charge in [-0.25, -0.2) is 9.59 Å². The molecule has 53 heavy (non-hydrogen) atoms. The van der Waals surface area contributed by atoms with Crippen molar-refractivity contribution in [1.29, 1.82) is 0 Å². The number of likely N-dealkylation sites (tertiary alicyclic amines) is 1. The molecule has 1 heterocycles. The molecular weight excluding hydrogens is 672 g/mol. The SMILES string of the molecule is C#CCCC(NC(=O)C1[C@@H](C(C)C)CCN1C(=O)C(NC(=O)NC(COC(=O)NCC1CC1)C(C)(C)C)C(C)(CC)CCCC)C(=O)C(=C)NCCC. The van der Waals surface area contributed by atoms with E-state index in [4.69, 9.17) is 11.2 Å². The lowest BCUT2D eigenvalue weighted by Crippen LogP contribution is -2.62. The molecule has 0 spiro atoms. The third-order valence-corrected chi connectivity index (χ3v) is 11.0. The minimum Gasteiger partial charge on any atom is -0.447 e. The molecule has 1 aliphatic heterocycles. The molecule has 0 aromatic rings. The van der Waals surface area contributed by atoms with E-state index < -0.39 is 53.0 Å². The molecule has 0 aromatic heterocycles. The molecule has 0 aromatic carbocycles. The Morgan fingerprint density at radius 1 is 0.962 bits per heavy atom. The number of hydrogen-bond acceptors (Lipinski definition) is 7. The summed E-state index contributed by atoms with van der Waals surface area (Å²) in [6.45, 7) is 23.3. The van der Waals surface area contributed by atoms with Crippen LogP contribution in [0, 0.1) is 40.9 Å². The second-order valence-electron chi connectivity index (χ2n) is 16.7. The van der Waals surface area contributed by atoms with Crippen LogP contribution in [0.15, 0.2) is 12.3 Å². The number of carbonyl (C=O) groups excluding carboxylic acids is 5. The minimum absolute atomic E-state index is 0.0443. The second-order valence-corrected chi connectivity index (χ2v) is 16.7. The van der Waals surface area contributed by atoms with Crippen molar-refractivity contribution in [1.82, 2.24) is 31.5 Å². The van der Waals surface area contributed by atoms with Crippen molar-refractivity contribution < 1.29 is 28.7 Å². The van der Waals surface area contributed by atoms with E-state index in [1.807, 2.05) is 55.4 Å². The highest BCUT2D eigenvalue weighted by Crippen LogP contribution is 2.37. The van der Waals surface area contributed by atoms with Gasteiger partial charge in [0.25, 0.3) is 0 Å². The fraction of sp³-hybridized carbons (Fsp3) is 0.780. The predicted octanol–water partition coefficient (Wildman–Crippen LogP) is 5.67. The maximum Gasteiger partial charge on any atom is 0.407 e. The third-order valence-electron chi connectivity index (χ3n) is 11.0. The van der Waals surface area contributed by atoms with Crippen LogP contribution in [0.2, 0.25) is 0 Å². The maximum atomic E-state index is 14.9. The van der Waals surface area contributed by atoms with Crippen molar-refractivity contribution in [3.63, 3.8) is 0 Å². The second kappa shape index (κ2) is 21.2. The number of urea groups is 1. The Kier molecular flexibility index (Phi) is 18.2. The van der Waals surface area contributed by atoms with Gasteiger partial charge >= 0.3 is 12.1 Å². The smallest absolute Gasteiger partial charge is 0.407 e. The number of amides is 5. The highest BCUT2D eigenvalue weighted by molar-refractivity contribution is 6.01. The number of Topliss-reactive ketones (excluding diaryl/α,β-unsaturated/α-hetero) is 1. The predicted molar refractivity (Wildman–Crippen MR) is 210 cm³/mol. The zero-order chi connectivity index (χ0) is 39.9. The fourth-order valence-electron chi connectivity index (χ4n) is 6.83. The number of rotatable bonds is 22. The number of carbonyl (C=O) groups is 5. The molecule has 300 valence electrons. The number of nitrogens with one attached hydrogen (secondary N) is 5. The van der Waals surface area contributed by atoms with Gasteiger partial charge in [0.2, 0.25) is 11.8 Å². The molecule has 2 rings (SSSR count). The third kappa shape index (κ3) is 13.9. The van der Waals surface area contributed by atoms with Gasteiger partial charge in [0.05, 0.1) is 17.8 Å². The van der Waals surface area contributed by atoms with Crippen molar-refractivity contribution in [3.8, 4) is 12.3 Å². The Morgan fingerprint density at radius 2 is 1.64 bits per heavy atom. The van der Waals surface area contributed by atoms with Gasteiger partial charge in [0.15, 0.2) is 5.78 Å². The molecule has 5 unspecified atom stereocenters. The molecule has 6 atom stereocenters. The van der Waals surface area contributed by atoms with Crippen LogP contribution in [-0.4, -0.2) is 85.0 Å². The van der Waals surface area contributed by atoms with Gasteiger partial charge < -0.3 is 36.2 Å². The summed E-state index contributed by atoms with van der Waals surface area (Å²) < 4.78 is 5.51. The normalized spacial score (nSPS) is 19.9. The lowest BCUT2D eigenvalue weighted by Gasteiger charge is -2.41. The van der Waals surface area contributed by atoms with Crippen LogP contribution in [0.3, 0.4) is 0 Å². The quantitative estimate of drug-likeness (QED) is 0.0707. The number of ether oxygens (including phenoxy) is 1. The Balaban J connectivity index is 2.40. The van der Waals surface area contributed by atoms with Gasteiger partial charge in [-0.2, -0.15) is 0 Å². The van der Waals surface area contributed by atoms with E-state index in [0.717, 1.165) is 32.1 Å². The van der Waals surface area contributed by atoms with Crippen LogP contribution in [0.5, 0.6) is 0 Å². The molecular formula is C41H70N6O6. The first kappa shape index (κ1) is 45.4. The van der Waals surface area contributed by atoms with Crippen molar-refractivity contribution in [3.05, 3.63) is 12.3 Å². The van der Waals surface area contributed by atoms with E-state index in [-0.39, 0.29) is 48.7 Å². The molecule has 5 N–H and O–H groups in total. The molecule has 2 fully saturated rings. The lowest BCUT2D eigenvalue weighted by atomic mass is 9.74. The van der Waals surface area contributed by atoms with E-state index in [9.17, 15) is 24.0 Å². The molecule has 1 saturated heterocycles. The monoisotopic (exact) mass is 743 g/mol. The van der Waals surface area contributed by atoms with Crippen molar-refractivity contribution in [2.24, 2.45) is 28.6 Å². The Bertz CT molecular complexity index is 1300. The van der Waals surface area contributed by atoms with Gasteiger partial charge in [-0.15, -0.1) is 12.3 Å². The van der Waals surface area contributed by atoms with Gasteiger partial charge in [0, 0.05) is 26.1 Å². The molecule has 12 nitrogen and oxygen atoms in total. The molecule has 0 bridgehead atoms. The summed E-state index contributed by atoms with van der Waals surface area (Å²) >= 11 is 0. The number of ketones is 1. The largest absolute Gasteiger partial charge is 0.447 e. The van der Waals surface area contributed by atoms with Crippen LogP contribution in [0.25, 0.3) is 0 Å². The summed E-state index contributed by atoms with van der Waals surface area (Å²) in [7, 11) is 0. The first-order valence-electron chi connectivity index (χ1n) is 19.9. The van der Waals surface area contributed by atoms with Crippen LogP contribution >= 0.6 is 0 Å². The van der Waals surface area contributed by atoms with E-state index in [2.05, 4.69) is 46.0 Å². The summed E-state index contributed by atoms with van der Waals surface area (Å²) in [5.74, 6) is 1.85. The maximum absolute atomic E-state index is 14.9. The summed E-state index contributed by atoms with van der Waals surface area (Å²) in [6.07, 6.45) is 12.2. The van der Waals surface area contributed by atoms with Crippen molar-refractivity contribution >= 4 is 29.7 Å². The molecule has 0 radical (unpaired) electrons. The van der Waals surface area contributed by atoms with Crippen LogP contribution in [0.4, 0.5) is 9.59 Å². The van der Waals surface area contributed by atoms with Crippen LogP contribution in [0.1, 0.15) is 127 Å². The topological polar surface area (TPSA) is 158 Å². The van der Waals surface area contributed by atoms with Crippen molar-refractivity contribution in [2.45, 2.75) is 151 Å². The van der Waals surface area contributed by atoms with Gasteiger partial charge in [-0.05, 0) is 73.5 Å². The van der Waals surface area contributed by atoms with Crippen LogP contribution < -0.4 is 26.6 Å². The summed E-state index contributed by atoms with van der Waals surface area (Å²) in [5, 5.41) is 14.8. The fourth-order valence-corrected chi connectivity index (χ4v) is 6.83. The molecule has 5 amide bonds. The Labute approximate surface area is 319 Å². The Morgan fingerprint density at radius 3 is 2.19 bits per heavy atom. The van der Waals surface area contributed by atoms with Gasteiger partial charge in [-0.1, -0.05) is 81.7 Å². The number of terminal acetylenes is 1. The standard InChI is InChI=1S/C41H70N6O6/c1-12-16-18-31(34(48)28(7)42-23-14-3)44-36(49)33-30(27(5)6)21-24-47(33)37(50)35(41(11,15-4)22-17-13-2)46-38(51)45-32(40(8,9)10)26-53-39(52)43-25-29-19-20-29/h1,27,29-33,35,42H,7,13-26H2,2-6,8-11H3,(H,43,52)(H,44,49)(H2,45,46,51)/t30-,31?,32?,33?,35?,41?/m1/s1. The van der Waals surface area contributed by atoms with Gasteiger partial charge in [0.1, 0.15) is 18.7 Å². The summed E-state index contributed by atoms with van der Waals surface area (Å²) in [5.41, 5.74) is -0.903. The average Bonchev–Trinajstić information content (AvgIpc) is 3.84. The summed E-state index contributed by atoms with van der Waals surface area (Å²) in [4.78, 5) is 70.5. The first-order valence-corrected chi connectivity index (χ1v) is 19.9. The number of nitrogens with zero attached hydrogens (tertiary/aromatic N) is 1. The molecule has 1 saturated carbocycles. The molecule has 12 heteroatoms. The van der Waals surface area contributed by atoms with E-state index >= 15 is 0 Å². The van der Waals surface area contributed by atoms with E-state index in [1.165, 1.54) is 0 Å². The zero-order valence-electron chi connectivity index (χ0n) is 34.1. The van der Waals surface area contributed by atoms with Crippen LogP contribution in [-0.2, 0) is 19.1 Å². The number of hydrogen-bond donors (Lipinski definition) is 5. The van der Waals surface area contributed by atoms with E-state index in [1.54, 1.807) is 4.90 Å². The summed E-state index contributed by atoms with van der Waals surface area (Å²) in [6, 6.07) is -3.83. The van der Waals surface area contributed by atoms with Gasteiger partial charge in [-0.3, -0.25) is 14.4 Å². The molecule has 2 aliphatic rings. The minimum atomic E-state index is -0.958. The number of alkyl carbamates (subject to hydrolysis) is 1. The lowest BCUT2D eigenvalue weighted by molar-refractivity contribution is -0.144. The average molecular weight is 743 g/mol. The number of unbranched alkanes of at least 4 members (excludes halogenated alkanes) is 1.